The highest BCUT2D eigenvalue weighted by atomic mass is 16.4. The number of phenols is 1. The van der Waals surface area contributed by atoms with Gasteiger partial charge in [0.1, 0.15) is 11.3 Å². The van der Waals surface area contributed by atoms with E-state index in [0.29, 0.717) is 27.8 Å². The van der Waals surface area contributed by atoms with E-state index in [2.05, 4.69) is 16.7 Å². The van der Waals surface area contributed by atoms with Crippen LogP contribution in [0, 0.1) is 18.3 Å². The smallest absolute Gasteiger partial charge is 0.339 e. The third-order valence-electron chi connectivity index (χ3n) is 6.87. The number of rotatable bonds is 5. The molecule has 0 atom stereocenters. The minimum atomic E-state index is -1.22. The monoisotopic (exact) mass is 544 g/mol. The molecule has 5 aromatic rings. The number of aromatic carboxylic acids is 1. The van der Waals surface area contributed by atoms with Crippen molar-refractivity contribution in [2.24, 2.45) is 7.05 Å². The van der Waals surface area contributed by atoms with Crippen molar-refractivity contribution in [2.45, 2.75) is 6.92 Å². The number of aromatic hydroxyl groups is 1. The van der Waals surface area contributed by atoms with Crippen LogP contribution in [0.1, 0.15) is 21.5 Å². The van der Waals surface area contributed by atoms with Gasteiger partial charge < -0.3 is 25.4 Å². The fraction of sp³-hybridized carbons (Fsp3) is 0.0625. The largest absolute Gasteiger partial charge is 0.507 e. The van der Waals surface area contributed by atoms with Gasteiger partial charge in [-0.15, -0.1) is 0 Å². The molecule has 5 rings (SSSR count). The van der Waals surface area contributed by atoms with Crippen molar-refractivity contribution in [3.05, 3.63) is 102 Å². The molecule has 1 heterocycles. The lowest BCUT2D eigenvalue weighted by Crippen LogP contribution is -2.29. The Morgan fingerprint density at radius 2 is 1.46 bits per heavy atom. The third-order valence-corrected chi connectivity index (χ3v) is 6.87. The highest BCUT2D eigenvalue weighted by Crippen LogP contribution is 2.36. The average molecular weight is 545 g/mol. The van der Waals surface area contributed by atoms with E-state index in [0.717, 1.165) is 27.9 Å². The van der Waals surface area contributed by atoms with Gasteiger partial charge in [-0.25, -0.2) is 4.79 Å². The summed E-state index contributed by atoms with van der Waals surface area (Å²) in [5.41, 5.74) is 5.86. The molecule has 9 heteroatoms. The van der Waals surface area contributed by atoms with E-state index in [1.54, 1.807) is 67.7 Å². The Morgan fingerprint density at radius 3 is 2.15 bits per heavy atom. The highest BCUT2D eigenvalue weighted by molar-refractivity contribution is 6.43. The van der Waals surface area contributed by atoms with Crippen LogP contribution in [0.3, 0.4) is 0 Å². The number of benzene rings is 4. The van der Waals surface area contributed by atoms with Crippen molar-refractivity contribution in [1.29, 1.82) is 5.26 Å². The van der Waals surface area contributed by atoms with Crippen molar-refractivity contribution < 1.29 is 24.6 Å². The van der Waals surface area contributed by atoms with Crippen LogP contribution < -0.4 is 10.6 Å². The van der Waals surface area contributed by atoms with E-state index >= 15 is 0 Å². The number of fused-ring (bicyclic) bond motifs is 1. The molecular weight excluding hydrogens is 520 g/mol. The second-order valence-electron chi connectivity index (χ2n) is 9.48. The van der Waals surface area contributed by atoms with Gasteiger partial charge in [0.05, 0.1) is 22.8 Å². The molecule has 0 aliphatic heterocycles. The number of nitriles is 1. The average Bonchev–Trinajstić information content (AvgIpc) is 3.21. The van der Waals surface area contributed by atoms with E-state index in [1.807, 2.05) is 23.6 Å². The van der Waals surface area contributed by atoms with E-state index < -0.39 is 17.8 Å². The zero-order valence-corrected chi connectivity index (χ0v) is 22.1. The normalized spacial score (nSPS) is 10.7. The second-order valence-corrected chi connectivity index (χ2v) is 9.48. The summed E-state index contributed by atoms with van der Waals surface area (Å²) >= 11 is 0. The number of hydrogen-bond donors (Lipinski definition) is 4. The molecule has 0 spiro atoms. The van der Waals surface area contributed by atoms with Gasteiger partial charge in [-0.2, -0.15) is 5.26 Å². The van der Waals surface area contributed by atoms with Crippen molar-refractivity contribution in [3.8, 4) is 34.2 Å². The SMILES string of the molecule is Cc1c(-c2cccc(NC(=O)C(=O)Nc3ccc(-c4cccc(C#N)c4)cc3)c2)n(C)c2cc(O)c(C(=O)O)cc12. The maximum atomic E-state index is 12.7. The molecule has 0 aliphatic rings. The zero-order valence-electron chi connectivity index (χ0n) is 22.1. The lowest BCUT2D eigenvalue weighted by atomic mass is 10.0. The van der Waals surface area contributed by atoms with Crippen LogP contribution in [0.4, 0.5) is 11.4 Å². The Kier molecular flexibility index (Phi) is 6.98. The maximum absolute atomic E-state index is 12.7. The number of hydrogen-bond acceptors (Lipinski definition) is 5. The quantitative estimate of drug-likeness (QED) is 0.210. The first-order valence-electron chi connectivity index (χ1n) is 12.5. The molecular formula is C32H24N4O5. The number of carboxylic acid groups (broad SMARTS) is 1. The summed E-state index contributed by atoms with van der Waals surface area (Å²) in [6.45, 7) is 1.85. The van der Waals surface area contributed by atoms with Crippen LogP contribution in [-0.2, 0) is 16.6 Å². The van der Waals surface area contributed by atoms with Crippen molar-refractivity contribution in [1.82, 2.24) is 4.57 Å². The van der Waals surface area contributed by atoms with Crippen LogP contribution >= 0.6 is 0 Å². The number of nitrogens with one attached hydrogen (secondary N) is 2. The summed E-state index contributed by atoms with van der Waals surface area (Å²) in [4.78, 5) is 36.8. The molecule has 0 bridgehead atoms. The minimum absolute atomic E-state index is 0.187. The molecule has 1 aromatic heterocycles. The Labute approximate surface area is 234 Å². The first kappa shape index (κ1) is 26.7. The van der Waals surface area contributed by atoms with Crippen molar-refractivity contribution >= 4 is 40.1 Å². The molecule has 0 unspecified atom stereocenters. The Balaban J connectivity index is 1.33. The molecule has 4 N–H and O–H groups in total. The lowest BCUT2D eigenvalue weighted by Gasteiger charge is -2.10. The van der Waals surface area contributed by atoms with Crippen molar-refractivity contribution in [2.75, 3.05) is 10.6 Å². The van der Waals surface area contributed by atoms with Crippen LogP contribution in [-0.4, -0.2) is 32.6 Å². The van der Waals surface area contributed by atoms with Gasteiger partial charge in [0, 0.05) is 35.4 Å². The number of aromatic nitrogens is 1. The fourth-order valence-corrected chi connectivity index (χ4v) is 4.87. The summed E-state index contributed by atoms with van der Waals surface area (Å²) < 4.78 is 1.84. The van der Waals surface area contributed by atoms with Gasteiger partial charge >= 0.3 is 17.8 Å². The molecule has 0 fully saturated rings. The summed E-state index contributed by atoms with van der Waals surface area (Å²) in [5, 5.41) is 34.6. The van der Waals surface area contributed by atoms with Gasteiger partial charge in [0.15, 0.2) is 0 Å². The third kappa shape index (κ3) is 5.22. The maximum Gasteiger partial charge on any atom is 0.339 e. The van der Waals surface area contributed by atoms with Crippen LogP contribution in [0.15, 0.2) is 84.9 Å². The van der Waals surface area contributed by atoms with E-state index in [9.17, 15) is 24.6 Å². The first-order chi connectivity index (χ1) is 19.7. The van der Waals surface area contributed by atoms with Gasteiger partial charge in [0.25, 0.3) is 0 Å². The molecule has 9 nitrogen and oxygen atoms in total. The fourth-order valence-electron chi connectivity index (χ4n) is 4.87. The van der Waals surface area contributed by atoms with Gasteiger partial charge in [0.2, 0.25) is 0 Å². The number of nitrogens with zero attached hydrogens (tertiary/aromatic N) is 2. The zero-order chi connectivity index (χ0) is 29.3. The predicted octanol–water partition coefficient (Wildman–Crippen LogP) is 5.67. The lowest BCUT2D eigenvalue weighted by molar-refractivity contribution is -0.132. The summed E-state index contributed by atoms with van der Waals surface area (Å²) in [7, 11) is 1.80. The summed E-state index contributed by atoms with van der Waals surface area (Å²) in [6.07, 6.45) is 0. The Morgan fingerprint density at radius 1 is 0.805 bits per heavy atom. The summed E-state index contributed by atoms with van der Waals surface area (Å²) in [5.74, 6) is -3.24. The van der Waals surface area contributed by atoms with Gasteiger partial charge in [-0.05, 0) is 66.1 Å². The van der Waals surface area contributed by atoms with Gasteiger partial charge in [-0.3, -0.25) is 9.59 Å². The van der Waals surface area contributed by atoms with E-state index in [-0.39, 0.29) is 11.3 Å². The molecule has 202 valence electrons. The standard InChI is InChI=1S/C32H24N4O5/c1-18-25-15-26(32(40)41)28(37)16-27(25)36(2)29(18)22-7-4-8-24(14-22)35-31(39)30(38)34-23-11-9-20(10-12-23)21-6-3-5-19(13-21)17-33/h3-16,37H,1-2H3,(H,34,38)(H,35,39)(H,40,41). The Hall–Kier alpha value is -5.88. The number of aryl methyl sites for hydroxylation is 2. The predicted molar refractivity (Wildman–Crippen MR) is 156 cm³/mol. The second kappa shape index (κ2) is 10.7. The van der Waals surface area contributed by atoms with E-state index in [4.69, 9.17) is 5.26 Å². The number of carbonyl (C=O) groups excluding carboxylic acids is 2. The van der Waals surface area contributed by atoms with Crippen LogP contribution in [0.5, 0.6) is 5.75 Å². The number of carbonyl (C=O) groups is 3. The number of carboxylic acids is 1. The molecule has 2 amide bonds. The number of anilines is 2. The molecule has 0 saturated carbocycles. The molecule has 0 radical (unpaired) electrons. The first-order valence-corrected chi connectivity index (χ1v) is 12.5. The molecule has 0 saturated heterocycles. The number of amides is 2. The van der Waals surface area contributed by atoms with Gasteiger partial charge in [-0.1, -0.05) is 36.4 Å². The molecule has 41 heavy (non-hydrogen) atoms. The van der Waals surface area contributed by atoms with Crippen LogP contribution in [0.25, 0.3) is 33.3 Å². The minimum Gasteiger partial charge on any atom is -0.507 e. The molecule has 4 aromatic carbocycles. The van der Waals surface area contributed by atoms with Crippen LogP contribution in [0.2, 0.25) is 0 Å². The summed E-state index contributed by atoms with van der Waals surface area (Å²) in [6, 6.07) is 26.0. The highest BCUT2D eigenvalue weighted by Gasteiger charge is 2.20. The topological polar surface area (TPSA) is 144 Å². The molecule has 0 aliphatic carbocycles. The van der Waals surface area contributed by atoms with Crippen molar-refractivity contribution in [3.63, 3.8) is 0 Å². The van der Waals surface area contributed by atoms with E-state index in [1.165, 1.54) is 12.1 Å². The Bertz CT molecular complexity index is 1900.